The largest absolute Gasteiger partial charge is 0.492 e. The third-order valence-electron chi connectivity index (χ3n) is 8.13. The lowest BCUT2D eigenvalue weighted by Gasteiger charge is -2.50. The maximum Gasteiger partial charge on any atom is 0.251 e. The average Bonchev–Trinajstić information content (AvgIpc) is 2.84. The number of ether oxygens (including phenoxy) is 3. The van der Waals surface area contributed by atoms with E-state index in [1.54, 1.807) is 21.0 Å². The Kier molecular flexibility index (Phi) is 10.2. The van der Waals surface area contributed by atoms with Crippen LogP contribution in [0.2, 0.25) is 0 Å². The van der Waals surface area contributed by atoms with Gasteiger partial charge in [-0.1, -0.05) is 6.92 Å². The molecule has 0 aromatic carbocycles. The minimum atomic E-state index is -1.64. The van der Waals surface area contributed by atoms with E-state index in [2.05, 4.69) is 16.0 Å². The van der Waals surface area contributed by atoms with Gasteiger partial charge in [0.15, 0.2) is 6.29 Å². The third-order valence-corrected chi connectivity index (χ3v) is 8.13. The molecule has 11 N–H and O–H groups in total. The van der Waals surface area contributed by atoms with Gasteiger partial charge in [-0.15, -0.1) is 0 Å². The molecule has 2 fully saturated rings. The van der Waals surface area contributed by atoms with Gasteiger partial charge in [0.1, 0.15) is 35.3 Å². The molecule has 12 atom stereocenters. The van der Waals surface area contributed by atoms with Crippen molar-refractivity contribution in [1.29, 1.82) is 0 Å². The molecular formula is C25H47N5O8. The summed E-state index contributed by atoms with van der Waals surface area (Å²) in [7, 11) is 3.39. The zero-order valence-electron chi connectivity index (χ0n) is 23.0. The van der Waals surface area contributed by atoms with Crippen LogP contribution in [0.3, 0.4) is 0 Å². The van der Waals surface area contributed by atoms with Crippen molar-refractivity contribution in [2.45, 2.75) is 106 Å². The number of nitrogens with two attached hydrogens (primary N) is 2. The SMILES string of the molecule is CCC(C)(O)C(=O)N[C@@H]1C[C@H](N)C([C@H]2OC(CNC)=CC[C@H]2N)[C@H](O)[C@H]1O[C@H]1OC[C@](C)(O)[C@H](NC)[C@H]1O. The number of carbonyl (C=O) groups excluding carboxylic acids is 1. The molecule has 3 rings (SSSR count). The smallest absolute Gasteiger partial charge is 0.251 e. The molecule has 1 amide bonds. The highest BCUT2D eigenvalue weighted by molar-refractivity contribution is 5.84. The minimum absolute atomic E-state index is 0.137. The molecule has 0 aromatic rings. The summed E-state index contributed by atoms with van der Waals surface area (Å²) in [5.41, 5.74) is 9.96. The van der Waals surface area contributed by atoms with Crippen LogP contribution in [0, 0.1) is 5.92 Å². The third kappa shape index (κ3) is 6.49. The standard InChI is InChI=1S/C25H47N5O8/c1-6-24(2,34)23(33)30-15-9-14(27)16(19-13(26)8-7-12(37-19)10-28-4)17(31)20(15)38-22-18(32)21(29-5)25(3,35)11-36-22/h7,13-22,28-29,31-32,34-35H,6,8-11,26-27H2,1-5H3,(H,30,33)/t13-,14+,15-,16?,17+,18-,19+,20+,21-,22-,24?,25+/m1/s1. The molecule has 0 bridgehead atoms. The molecule has 220 valence electrons. The van der Waals surface area contributed by atoms with Gasteiger partial charge >= 0.3 is 0 Å². The average molecular weight is 546 g/mol. The molecule has 2 heterocycles. The number of rotatable bonds is 9. The van der Waals surface area contributed by atoms with Crippen molar-refractivity contribution < 1.29 is 39.4 Å². The Balaban J connectivity index is 1.90. The number of nitrogens with one attached hydrogen (secondary N) is 3. The van der Waals surface area contributed by atoms with Gasteiger partial charge in [0.25, 0.3) is 5.91 Å². The Labute approximate surface area is 224 Å². The van der Waals surface area contributed by atoms with E-state index in [1.807, 2.05) is 6.08 Å². The Hall–Kier alpha value is -1.39. The van der Waals surface area contributed by atoms with Crippen LogP contribution < -0.4 is 27.4 Å². The summed E-state index contributed by atoms with van der Waals surface area (Å²) in [6.45, 7) is 4.96. The normalized spacial score (nSPS) is 43.5. The Bertz CT molecular complexity index is 843. The van der Waals surface area contributed by atoms with E-state index < -0.39 is 77.9 Å². The molecule has 0 radical (unpaired) electrons. The van der Waals surface area contributed by atoms with E-state index in [0.717, 1.165) is 0 Å². The lowest BCUT2D eigenvalue weighted by Crippen LogP contribution is -2.70. The maximum absolute atomic E-state index is 12.9. The molecule has 0 spiro atoms. The first-order valence-electron chi connectivity index (χ1n) is 13.3. The fourth-order valence-electron chi connectivity index (χ4n) is 5.62. The fraction of sp³-hybridized carbons (Fsp3) is 0.880. The van der Waals surface area contributed by atoms with Crippen molar-refractivity contribution in [3.8, 4) is 0 Å². The fourth-order valence-corrected chi connectivity index (χ4v) is 5.62. The van der Waals surface area contributed by atoms with Gasteiger partial charge in [-0.25, -0.2) is 0 Å². The molecule has 13 nitrogen and oxygen atoms in total. The highest BCUT2D eigenvalue weighted by Gasteiger charge is 2.53. The zero-order chi connectivity index (χ0) is 28.4. The van der Waals surface area contributed by atoms with Gasteiger partial charge in [-0.2, -0.15) is 0 Å². The number of hydrogen-bond acceptors (Lipinski definition) is 12. The second-order valence-electron chi connectivity index (χ2n) is 11.3. The Morgan fingerprint density at radius 2 is 1.95 bits per heavy atom. The van der Waals surface area contributed by atoms with Crippen LogP contribution in [0.1, 0.15) is 40.0 Å². The number of likely N-dealkylation sites (N-methyl/N-ethyl adjacent to an activating group) is 2. The van der Waals surface area contributed by atoms with E-state index in [1.165, 1.54) is 13.8 Å². The minimum Gasteiger partial charge on any atom is -0.492 e. The predicted octanol–water partition coefficient (Wildman–Crippen LogP) is -3.00. The summed E-state index contributed by atoms with van der Waals surface area (Å²) in [6, 6.07) is -2.66. The zero-order valence-corrected chi connectivity index (χ0v) is 23.0. The second kappa shape index (κ2) is 12.4. The number of hydrogen-bond donors (Lipinski definition) is 9. The second-order valence-corrected chi connectivity index (χ2v) is 11.3. The molecule has 0 aromatic heterocycles. The van der Waals surface area contributed by atoms with Gasteiger partial charge in [0.2, 0.25) is 0 Å². The summed E-state index contributed by atoms with van der Waals surface area (Å²) >= 11 is 0. The lowest BCUT2D eigenvalue weighted by atomic mass is 9.72. The molecular weight excluding hydrogens is 498 g/mol. The summed E-state index contributed by atoms with van der Waals surface area (Å²) in [5.74, 6) is -0.614. The Morgan fingerprint density at radius 1 is 1.26 bits per heavy atom. The van der Waals surface area contributed by atoms with E-state index in [-0.39, 0.29) is 19.4 Å². The molecule has 3 aliphatic rings. The summed E-state index contributed by atoms with van der Waals surface area (Å²) in [6.07, 6.45) is -2.72. The van der Waals surface area contributed by atoms with Gasteiger partial charge in [-0.05, 0) is 53.3 Å². The molecule has 1 aliphatic carbocycles. The predicted molar refractivity (Wildman–Crippen MR) is 139 cm³/mol. The van der Waals surface area contributed by atoms with E-state index in [0.29, 0.717) is 18.7 Å². The van der Waals surface area contributed by atoms with Crippen LogP contribution in [0.4, 0.5) is 0 Å². The van der Waals surface area contributed by atoms with Crippen LogP contribution in [-0.2, 0) is 19.0 Å². The van der Waals surface area contributed by atoms with Crippen LogP contribution >= 0.6 is 0 Å². The summed E-state index contributed by atoms with van der Waals surface area (Å²) in [4.78, 5) is 12.9. The van der Waals surface area contributed by atoms with Gasteiger partial charge in [0.05, 0.1) is 31.3 Å². The first-order valence-corrected chi connectivity index (χ1v) is 13.3. The van der Waals surface area contributed by atoms with Crippen molar-refractivity contribution in [2.75, 3.05) is 27.2 Å². The lowest BCUT2D eigenvalue weighted by molar-refractivity contribution is -0.297. The van der Waals surface area contributed by atoms with Crippen LogP contribution in [-0.4, -0.2) is 120 Å². The summed E-state index contributed by atoms with van der Waals surface area (Å²) in [5, 5.41) is 52.5. The van der Waals surface area contributed by atoms with Crippen molar-refractivity contribution in [2.24, 2.45) is 17.4 Å². The molecule has 2 unspecified atom stereocenters. The van der Waals surface area contributed by atoms with Crippen LogP contribution in [0.15, 0.2) is 11.8 Å². The molecule has 13 heteroatoms. The van der Waals surface area contributed by atoms with Crippen molar-refractivity contribution in [3.63, 3.8) is 0 Å². The maximum atomic E-state index is 12.9. The van der Waals surface area contributed by atoms with Crippen LogP contribution in [0.25, 0.3) is 0 Å². The Morgan fingerprint density at radius 3 is 2.55 bits per heavy atom. The molecule has 2 aliphatic heterocycles. The highest BCUT2D eigenvalue weighted by Crippen LogP contribution is 2.36. The monoisotopic (exact) mass is 545 g/mol. The quantitative estimate of drug-likeness (QED) is 0.142. The topological polar surface area (TPSA) is 214 Å². The van der Waals surface area contributed by atoms with Crippen molar-refractivity contribution in [3.05, 3.63) is 11.8 Å². The van der Waals surface area contributed by atoms with Crippen LogP contribution in [0.5, 0.6) is 0 Å². The number of carbonyl (C=O) groups is 1. The highest BCUT2D eigenvalue weighted by atomic mass is 16.7. The van der Waals surface area contributed by atoms with E-state index >= 15 is 0 Å². The number of aliphatic hydroxyl groups is 4. The molecule has 1 saturated heterocycles. The number of aliphatic hydroxyl groups excluding tert-OH is 2. The van der Waals surface area contributed by atoms with Crippen molar-refractivity contribution >= 4 is 5.91 Å². The van der Waals surface area contributed by atoms with E-state index in [9.17, 15) is 25.2 Å². The van der Waals surface area contributed by atoms with Crippen molar-refractivity contribution in [1.82, 2.24) is 16.0 Å². The van der Waals surface area contributed by atoms with E-state index in [4.69, 9.17) is 25.7 Å². The van der Waals surface area contributed by atoms with Gasteiger partial charge in [-0.3, -0.25) is 4.79 Å². The summed E-state index contributed by atoms with van der Waals surface area (Å²) < 4.78 is 18.0. The van der Waals surface area contributed by atoms with Gasteiger partial charge in [0, 0.05) is 18.0 Å². The molecule has 1 saturated carbocycles. The molecule has 38 heavy (non-hydrogen) atoms. The first kappa shape index (κ1) is 31.1. The van der Waals surface area contributed by atoms with Gasteiger partial charge < -0.3 is 62.1 Å². The first-order chi connectivity index (χ1) is 17.8. The number of amides is 1.